The van der Waals surface area contributed by atoms with Crippen molar-refractivity contribution in [1.29, 1.82) is 0 Å². The van der Waals surface area contributed by atoms with Crippen LogP contribution in [0.4, 0.5) is 5.69 Å². The standard InChI is InChI=1S/C10H19N3S/c1-10(2,3)8-4-6(12)9(14-8)7(13)5-11/h4,7H,5,11-13H2,1-3H3/t7-/m1/s1. The molecule has 4 heteroatoms. The van der Waals surface area contributed by atoms with Crippen LogP contribution in [0.15, 0.2) is 6.07 Å². The minimum atomic E-state index is -0.129. The van der Waals surface area contributed by atoms with Gasteiger partial charge in [-0.3, -0.25) is 0 Å². The first-order valence-corrected chi connectivity index (χ1v) is 5.53. The van der Waals surface area contributed by atoms with E-state index in [4.69, 9.17) is 17.2 Å². The second-order valence-corrected chi connectivity index (χ2v) is 5.61. The van der Waals surface area contributed by atoms with Gasteiger partial charge >= 0.3 is 0 Å². The molecule has 0 aromatic carbocycles. The molecule has 1 aromatic heterocycles. The van der Waals surface area contributed by atoms with E-state index in [1.54, 1.807) is 11.3 Å². The average Bonchev–Trinajstić information content (AvgIpc) is 2.45. The van der Waals surface area contributed by atoms with Crippen LogP contribution in [-0.4, -0.2) is 6.54 Å². The largest absolute Gasteiger partial charge is 0.398 e. The summed E-state index contributed by atoms with van der Waals surface area (Å²) in [5, 5.41) is 0. The van der Waals surface area contributed by atoms with Crippen LogP contribution >= 0.6 is 11.3 Å². The van der Waals surface area contributed by atoms with Gasteiger partial charge in [-0.25, -0.2) is 0 Å². The summed E-state index contributed by atoms with van der Waals surface area (Å²) in [6.07, 6.45) is 0. The van der Waals surface area contributed by atoms with Gasteiger partial charge in [-0.2, -0.15) is 0 Å². The van der Waals surface area contributed by atoms with Crippen molar-refractivity contribution in [1.82, 2.24) is 0 Å². The molecule has 1 aromatic rings. The van der Waals surface area contributed by atoms with Crippen molar-refractivity contribution in [2.45, 2.75) is 32.2 Å². The van der Waals surface area contributed by atoms with Crippen LogP contribution in [-0.2, 0) is 5.41 Å². The Bertz CT molecular complexity index is 312. The quantitative estimate of drug-likeness (QED) is 0.698. The van der Waals surface area contributed by atoms with E-state index < -0.39 is 0 Å². The minimum absolute atomic E-state index is 0.129. The summed E-state index contributed by atoms with van der Waals surface area (Å²) in [5.41, 5.74) is 18.2. The molecule has 0 saturated heterocycles. The van der Waals surface area contributed by atoms with E-state index in [0.29, 0.717) is 6.54 Å². The molecule has 0 aliphatic rings. The van der Waals surface area contributed by atoms with Gasteiger partial charge in [-0.05, 0) is 11.5 Å². The van der Waals surface area contributed by atoms with Gasteiger partial charge in [0.2, 0.25) is 0 Å². The summed E-state index contributed by atoms with van der Waals surface area (Å²) in [7, 11) is 0. The maximum atomic E-state index is 5.89. The molecule has 14 heavy (non-hydrogen) atoms. The van der Waals surface area contributed by atoms with Crippen molar-refractivity contribution in [3.05, 3.63) is 15.8 Å². The maximum absolute atomic E-state index is 5.89. The van der Waals surface area contributed by atoms with Gasteiger partial charge in [0.25, 0.3) is 0 Å². The predicted octanol–water partition coefficient (Wildman–Crippen LogP) is 1.59. The first-order valence-electron chi connectivity index (χ1n) is 4.71. The van der Waals surface area contributed by atoms with E-state index in [0.717, 1.165) is 10.6 Å². The lowest BCUT2D eigenvalue weighted by atomic mass is 9.94. The van der Waals surface area contributed by atoms with Gasteiger partial charge < -0.3 is 17.2 Å². The molecule has 6 N–H and O–H groups in total. The SMILES string of the molecule is CC(C)(C)c1cc(N)c([C@H](N)CN)s1. The highest BCUT2D eigenvalue weighted by Gasteiger charge is 2.20. The lowest BCUT2D eigenvalue weighted by Crippen LogP contribution is -2.20. The Kier molecular flexibility index (Phi) is 3.19. The van der Waals surface area contributed by atoms with Gasteiger partial charge in [0.05, 0.1) is 6.04 Å². The molecular weight excluding hydrogens is 194 g/mol. The van der Waals surface area contributed by atoms with Crippen LogP contribution in [0.5, 0.6) is 0 Å². The zero-order valence-corrected chi connectivity index (χ0v) is 9.82. The summed E-state index contributed by atoms with van der Waals surface area (Å²) in [5.74, 6) is 0. The van der Waals surface area contributed by atoms with E-state index >= 15 is 0 Å². The maximum Gasteiger partial charge on any atom is 0.0535 e. The van der Waals surface area contributed by atoms with E-state index in [2.05, 4.69) is 20.8 Å². The molecule has 0 bridgehead atoms. The summed E-state index contributed by atoms with van der Waals surface area (Å²) in [4.78, 5) is 2.27. The Balaban J connectivity index is 3.05. The first-order chi connectivity index (χ1) is 6.36. The topological polar surface area (TPSA) is 78.1 Å². The Morgan fingerprint density at radius 2 is 2.00 bits per heavy atom. The van der Waals surface area contributed by atoms with Crippen molar-refractivity contribution >= 4 is 17.0 Å². The van der Waals surface area contributed by atoms with Crippen molar-refractivity contribution in [3.63, 3.8) is 0 Å². The van der Waals surface area contributed by atoms with Gasteiger partial charge in [-0.15, -0.1) is 11.3 Å². The third-order valence-electron chi connectivity index (χ3n) is 2.12. The highest BCUT2D eigenvalue weighted by Crippen LogP contribution is 2.36. The first kappa shape index (κ1) is 11.5. The molecule has 0 radical (unpaired) electrons. The fraction of sp³-hybridized carbons (Fsp3) is 0.600. The average molecular weight is 213 g/mol. The molecule has 0 amide bonds. The molecule has 0 unspecified atom stereocenters. The van der Waals surface area contributed by atoms with Crippen LogP contribution in [0, 0.1) is 0 Å². The van der Waals surface area contributed by atoms with Gasteiger partial charge in [0.1, 0.15) is 0 Å². The molecule has 80 valence electrons. The smallest absolute Gasteiger partial charge is 0.0535 e. The Morgan fingerprint density at radius 1 is 1.43 bits per heavy atom. The van der Waals surface area contributed by atoms with Crippen molar-refractivity contribution in [2.75, 3.05) is 12.3 Å². The van der Waals surface area contributed by atoms with Crippen LogP contribution in [0.1, 0.15) is 36.6 Å². The number of hydrogen-bond donors (Lipinski definition) is 3. The number of anilines is 1. The second-order valence-electron chi connectivity index (χ2n) is 4.52. The molecule has 3 nitrogen and oxygen atoms in total. The molecule has 0 aliphatic heterocycles. The number of nitrogens with two attached hydrogens (primary N) is 3. The van der Waals surface area contributed by atoms with E-state index in [9.17, 15) is 0 Å². The zero-order valence-electron chi connectivity index (χ0n) is 9.00. The third kappa shape index (κ3) is 2.26. The van der Waals surface area contributed by atoms with Gasteiger partial charge in [-0.1, -0.05) is 20.8 Å². The Labute approximate surface area is 89.3 Å². The molecule has 0 aliphatic carbocycles. The highest BCUT2D eigenvalue weighted by molar-refractivity contribution is 7.12. The van der Waals surface area contributed by atoms with Crippen LogP contribution in [0.3, 0.4) is 0 Å². The van der Waals surface area contributed by atoms with Crippen molar-refractivity contribution < 1.29 is 0 Å². The third-order valence-corrected chi connectivity index (χ3v) is 3.83. The molecule has 1 rings (SSSR count). The number of hydrogen-bond acceptors (Lipinski definition) is 4. The molecule has 0 fully saturated rings. The van der Waals surface area contributed by atoms with Crippen molar-refractivity contribution in [3.8, 4) is 0 Å². The molecule has 1 atom stereocenters. The Morgan fingerprint density at radius 3 is 2.36 bits per heavy atom. The minimum Gasteiger partial charge on any atom is -0.398 e. The molecule has 0 spiro atoms. The highest BCUT2D eigenvalue weighted by atomic mass is 32.1. The van der Waals surface area contributed by atoms with Gasteiger partial charge in [0, 0.05) is 22.0 Å². The lowest BCUT2D eigenvalue weighted by molar-refractivity contribution is 0.604. The fourth-order valence-electron chi connectivity index (χ4n) is 1.19. The summed E-state index contributed by atoms with van der Waals surface area (Å²) < 4.78 is 0. The second kappa shape index (κ2) is 3.88. The molecule has 0 saturated carbocycles. The monoisotopic (exact) mass is 213 g/mol. The lowest BCUT2D eigenvalue weighted by Gasteiger charge is -2.15. The van der Waals surface area contributed by atoms with E-state index in [1.807, 2.05) is 6.07 Å². The van der Waals surface area contributed by atoms with Crippen LogP contribution in [0.25, 0.3) is 0 Å². The molecular formula is C10H19N3S. The van der Waals surface area contributed by atoms with E-state index in [1.165, 1.54) is 4.88 Å². The van der Waals surface area contributed by atoms with E-state index in [-0.39, 0.29) is 11.5 Å². The van der Waals surface area contributed by atoms with Crippen molar-refractivity contribution in [2.24, 2.45) is 11.5 Å². The number of nitrogen functional groups attached to an aromatic ring is 1. The summed E-state index contributed by atoms with van der Waals surface area (Å²) >= 11 is 1.67. The summed E-state index contributed by atoms with van der Waals surface area (Å²) in [6, 6.07) is 1.88. The zero-order chi connectivity index (χ0) is 10.9. The van der Waals surface area contributed by atoms with Crippen LogP contribution < -0.4 is 17.2 Å². The summed E-state index contributed by atoms with van der Waals surface area (Å²) in [6.45, 7) is 6.93. The fourth-order valence-corrected chi connectivity index (χ4v) is 2.34. The Hall–Kier alpha value is -0.580. The normalized spacial score (nSPS) is 14.4. The predicted molar refractivity (Wildman–Crippen MR) is 63.4 cm³/mol. The van der Waals surface area contributed by atoms with Crippen LogP contribution in [0.2, 0.25) is 0 Å². The van der Waals surface area contributed by atoms with Gasteiger partial charge in [0.15, 0.2) is 0 Å². The number of rotatable bonds is 2. The number of thiophene rings is 1. The molecule has 1 heterocycles.